The van der Waals surface area contributed by atoms with Crippen LogP contribution < -0.4 is 21.7 Å². The summed E-state index contributed by atoms with van der Waals surface area (Å²) in [6, 6.07) is 0. The van der Waals surface area contributed by atoms with Gasteiger partial charge in [0, 0.05) is 26.6 Å². The number of anilines is 2. The molecular weight excluding hydrogens is 254 g/mol. The molecule has 0 saturated heterocycles. The van der Waals surface area contributed by atoms with Crippen LogP contribution in [0.4, 0.5) is 10.9 Å². The number of nitrogens with two attached hydrogens (primary N) is 1. The molecule has 0 atom stereocenters. The average Bonchev–Trinajstić information content (AvgIpc) is 2.71. The highest BCUT2D eigenvalue weighted by molar-refractivity contribution is 7.18. The summed E-state index contributed by atoms with van der Waals surface area (Å²) in [7, 11) is 1.70. The number of hydrogen-bond donors (Lipinski definition) is 4. The Kier molecular flexibility index (Phi) is 5.37. The fourth-order valence-corrected chi connectivity index (χ4v) is 2.01. The first-order valence-corrected chi connectivity index (χ1v) is 6.39. The summed E-state index contributed by atoms with van der Waals surface area (Å²) >= 11 is 1.18. The number of nitrogens with one attached hydrogen (secondary N) is 3. The highest BCUT2D eigenvalue weighted by Gasteiger charge is 2.15. The maximum atomic E-state index is 11.8. The first-order valence-electron chi connectivity index (χ1n) is 5.57. The zero-order chi connectivity index (χ0) is 13.5. The van der Waals surface area contributed by atoms with E-state index in [1.165, 1.54) is 11.3 Å². The summed E-state index contributed by atoms with van der Waals surface area (Å²) in [5, 5.41) is 8.68. The molecule has 18 heavy (non-hydrogen) atoms. The number of aromatic nitrogens is 1. The molecule has 2 amide bonds. The van der Waals surface area contributed by atoms with Crippen molar-refractivity contribution in [3.63, 3.8) is 0 Å². The third kappa shape index (κ3) is 3.88. The Balaban J connectivity index is 2.45. The zero-order valence-electron chi connectivity index (χ0n) is 10.4. The van der Waals surface area contributed by atoms with Crippen LogP contribution in [0.15, 0.2) is 0 Å². The van der Waals surface area contributed by atoms with Crippen molar-refractivity contribution in [2.45, 2.75) is 13.3 Å². The molecule has 0 aliphatic carbocycles. The second-order valence-corrected chi connectivity index (χ2v) is 4.44. The van der Waals surface area contributed by atoms with Gasteiger partial charge in [-0.25, -0.2) is 4.98 Å². The summed E-state index contributed by atoms with van der Waals surface area (Å²) < 4.78 is 0. The highest BCUT2D eigenvalue weighted by atomic mass is 32.1. The van der Waals surface area contributed by atoms with E-state index >= 15 is 0 Å². The number of rotatable bonds is 6. The van der Waals surface area contributed by atoms with Crippen LogP contribution in [-0.2, 0) is 4.79 Å². The molecular formula is C10H17N5O2S. The van der Waals surface area contributed by atoms with Gasteiger partial charge in [0.1, 0.15) is 10.7 Å². The molecule has 1 heterocycles. The quantitative estimate of drug-likeness (QED) is 0.583. The minimum Gasteiger partial charge on any atom is -0.382 e. The van der Waals surface area contributed by atoms with E-state index in [4.69, 9.17) is 5.73 Å². The van der Waals surface area contributed by atoms with Crippen molar-refractivity contribution < 1.29 is 9.59 Å². The van der Waals surface area contributed by atoms with Crippen molar-refractivity contribution in [3.8, 4) is 0 Å². The summed E-state index contributed by atoms with van der Waals surface area (Å²) in [4.78, 5) is 27.3. The number of nitrogen functional groups attached to an aromatic ring is 1. The molecule has 8 heteroatoms. The maximum Gasteiger partial charge on any atom is 0.265 e. The number of amides is 2. The minimum absolute atomic E-state index is 0.0917. The van der Waals surface area contributed by atoms with E-state index in [1.807, 2.05) is 6.92 Å². The van der Waals surface area contributed by atoms with Gasteiger partial charge in [-0.15, -0.1) is 0 Å². The first kappa shape index (κ1) is 14.2. The Hall–Kier alpha value is -1.83. The van der Waals surface area contributed by atoms with Crippen LogP contribution in [0.2, 0.25) is 0 Å². The summed E-state index contributed by atoms with van der Waals surface area (Å²) in [6.07, 6.45) is 0.247. The molecule has 0 aliphatic heterocycles. The van der Waals surface area contributed by atoms with Crippen LogP contribution in [0.25, 0.3) is 0 Å². The van der Waals surface area contributed by atoms with Gasteiger partial charge in [-0.3, -0.25) is 9.59 Å². The molecule has 0 saturated carbocycles. The van der Waals surface area contributed by atoms with Gasteiger partial charge in [0.2, 0.25) is 5.91 Å². The largest absolute Gasteiger partial charge is 0.382 e. The lowest BCUT2D eigenvalue weighted by Crippen LogP contribution is -2.30. The van der Waals surface area contributed by atoms with Crippen molar-refractivity contribution in [2.24, 2.45) is 0 Å². The van der Waals surface area contributed by atoms with Crippen LogP contribution in [0.5, 0.6) is 0 Å². The van der Waals surface area contributed by atoms with Crippen molar-refractivity contribution in [1.82, 2.24) is 15.6 Å². The minimum atomic E-state index is -0.309. The van der Waals surface area contributed by atoms with E-state index in [2.05, 4.69) is 20.9 Å². The van der Waals surface area contributed by atoms with E-state index in [0.717, 1.165) is 0 Å². The Morgan fingerprint density at radius 1 is 1.39 bits per heavy atom. The fraction of sp³-hybridized carbons (Fsp3) is 0.500. The zero-order valence-corrected chi connectivity index (χ0v) is 11.2. The third-order valence-corrected chi connectivity index (χ3v) is 3.17. The van der Waals surface area contributed by atoms with Crippen LogP contribution in [0.3, 0.4) is 0 Å². The maximum absolute atomic E-state index is 11.8. The Bertz CT molecular complexity index is 432. The molecule has 0 aromatic carbocycles. The fourth-order valence-electron chi connectivity index (χ4n) is 1.26. The molecule has 1 rings (SSSR count). The molecule has 1 aromatic rings. The molecule has 0 fully saturated rings. The second kappa shape index (κ2) is 6.80. The molecule has 5 N–H and O–H groups in total. The SMILES string of the molecule is CCNC(=O)CCNC(=O)c1sc(NC)nc1N. The van der Waals surface area contributed by atoms with Gasteiger partial charge < -0.3 is 21.7 Å². The molecule has 0 spiro atoms. The van der Waals surface area contributed by atoms with Crippen LogP contribution in [-0.4, -0.2) is 36.9 Å². The summed E-state index contributed by atoms with van der Waals surface area (Å²) in [5.41, 5.74) is 5.62. The molecule has 7 nitrogen and oxygen atoms in total. The monoisotopic (exact) mass is 271 g/mol. The van der Waals surface area contributed by atoms with Crippen LogP contribution >= 0.6 is 11.3 Å². The Morgan fingerprint density at radius 2 is 2.11 bits per heavy atom. The molecule has 0 unspecified atom stereocenters. The topological polar surface area (TPSA) is 109 Å². The van der Waals surface area contributed by atoms with Gasteiger partial charge in [-0.2, -0.15) is 0 Å². The van der Waals surface area contributed by atoms with Crippen molar-refractivity contribution in [1.29, 1.82) is 0 Å². The van der Waals surface area contributed by atoms with Gasteiger partial charge in [0.25, 0.3) is 5.91 Å². The number of hydrogen-bond acceptors (Lipinski definition) is 6. The van der Waals surface area contributed by atoms with Gasteiger partial charge in [0.05, 0.1) is 0 Å². The summed E-state index contributed by atoms with van der Waals surface area (Å²) in [5.74, 6) is -0.207. The van der Waals surface area contributed by atoms with Crippen molar-refractivity contribution in [2.75, 3.05) is 31.2 Å². The number of nitrogens with zero attached hydrogens (tertiary/aromatic N) is 1. The molecule has 0 aliphatic rings. The smallest absolute Gasteiger partial charge is 0.265 e. The average molecular weight is 271 g/mol. The first-order chi connectivity index (χ1) is 8.58. The Labute approximate surface area is 109 Å². The van der Waals surface area contributed by atoms with Crippen LogP contribution in [0, 0.1) is 0 Å². The lowest BCUT2D eigenvalue weighted by atomic mass is 10.3. The van der Waals surface area contributed by atoms with Gasteiger partial charge >= 0.3 is 0 Å². The predicted octanol–water partition coefficient (Wildman–Crippen LogP) is 0.0230. The van der Waals surface area contributed by atoms with Crippen molar-refractivity contribution >= 4 is 34.1 Å². The molecule has 100 valence electrons. The number of thiazole rings is 1. The normalized spacial score (nSPS) is 9.89. The van der Waals surface area contributed by atoms with E-state index in [-0.39, 0.29) is 30.6 Å². The number of carbonyl (C=O) groups excluding carboxylic acids is 2. The Morgan fingerprint density at radius 3 is 2.67 bits per heavy atom. The lowest BCUT2D eigenvalue weighted by Gasteiger charge is -2.04. The molecule has 0 radical (unpaired) electrons. The standard InChI is InChI=1S/C10H17N5O2S/c1-3-13-6(16)4-5-14-9(17)7-8(11)15-10(12-2)18-7/h3-5,11H2,1-2H3,(H,12,15)(H,13,16)(H,14,17). The van der Waals surface area contributed by atoms with Crippen molar-refractivity contribution in [3.05, 3.63) is 4.88 Å². The lowest BCUT2D eigenvalue weighted by molar-refractivity contribution is -0.120. The van der Waals surface area contributed by atoms with Crippen LogP contribution in [0.1, 0.15) is 23.0 Å². The highest BCUT2D eigenvalue weighted by Crippen LogP contribution is 2.23. The number of carbonyl (C=O) groups is 2. The third-order valence-electron chi connectivity index (χ3n) is 2.09. The second-order valence-electron chi connectivity index (χ2n) is 3.44. The van der Waals surface area contributed by atoms with Gasteiger partial charge in [-0.05, 0) is 6.92 Å². The van der Waals surface area contributed by atoms with E-state index in [1.54, 1.807) is 7.05 Å². The van der Waals surface area contributed by atoms with Gasteiger partial charge in [-0.1, -0.05) is 11.3 Å². The van der Waals surface area contributed by atoms with E-state index < -0.39 is 0 Å². The predicted molar refractivity (Wildman–Crippen MR) is 71.7 cm³/mol. The summed E-state index contributed by atoms with van der Waals surface area (Å²) in [6.45, 7) is 2.70. The molecule has 1 aromatic heterocycles. The van der Waals surface area contributed by atoms with Gasteiger partial charge in [0.15, 0.2) is 5.13 Å². The van der Waals surface area contributed by atoms with E-state index in [0.29, 0.717) is 16.6 Å². The van der Waals surface area contributed by atoms with E-state index in [9.17, 15) is 9.59 Å². The molecule has 0 bridgehead atoms.